The zero-order valence-corrected chi connectivity index (χ0v) is 15.0. The van der Waals surface area contributed by atoms with Gasteiger partial charge in [-0.1, -0.05) is 11.6 Å². The highest BCUT2D eigenvalue weighted by Gasteiger charge is 2.32. The van der Waals surface area contributed by atoms with Crippen molar-refractivity contribution in [2.75, 3.05) is 6.61 Å². The molecule has 3 rings (SSSR count). The Morgan fingerprint density at radius 3 is 2.75 bits per heavy atom. The number of aromatic nitrogens is 4. The number of fused-ring (bicyclic) bond motifs is 1. The quantitative estimate of drug-likeness (QED) is 0.657. The Bertz CT molecular complexity index is 1150. The molecule has 28 heavy (non-hydrogen) atoms. The molecule has 0 N–H and O–H groups in total. The van der Waals surface area contributed by atoms with Crippen LogP contribution in [0.25, 0.3) is 10.9 Å². The SMILES string of the molecule is Cc1nc2cc(C(F)(F)F)cc(C#N)c2c(=O)n1CCOc1ccnnc1Cl. The molecular formula is C17H11ClF3N5O2. The maximum Gasteiger partial charge on any atom is 0.416 e. The molecule has 0 aliphatic rings. The van der Waals surface area contributed by atoms with Crippen molar-refractivity contribution in [3.05, 3.63) is 56.9 Å². The Balaban J connectivity index is 1.99. The number of alkyl halides is 3. The first-order valence-corrected chi connectivity index (χ1v) is 8.22. The van der Waals surface area contributed by atoms with Gasteiger partial charge in [0.05, 0.1) is 34.8 Å². The van der Waals surface area contributed by atoms with Crippen LogP contribution in [0.1, 0.15) is 17.0 Å². The average Bonchev–Trinajstić information content (AvgIpc) is 2.63. The molecular weight excluding hydrogens is 399 g/mol. The van der Waals surface area contributed by atoms with Gasteiger partial charge < -0.3 is 4.74 Å². The van der Waals surface area contributed by atoms with E-state index >= 15 is 0 Å². The van der Waals surface area contributed by atoms with Crippen LogP contribution >= 0.6 is 11.6 Å². The van der Waals surface area contributed by atoms with Gasteiger partial charge in [-0.05, 0) is 19.1 Å². The van der Waals surface area contributed by atoms with Crippen LogP contribution in [0.3, 0.4) is 0 Å². The molecule has 2 heterocycles. The van der Waals surface area contributed by atoms with E-state index in [1.165, 1.54) is 23.8 Å². The van der Waals surface area contributed by atoms with Crippen molar-refractivity contribution >= 4 is 22.5 Å². The standard InChI is InChI=1S/C17H11ClF3N5O2/c1-9-24-12-7-11(17(19,20)21)6-10(8-22)14(12)16(27)26(9)4-5-28-13-2-3-23-25-15(13)18/h2-3,6-7H,4-5H2,1H3. The van der Waals surface area contributed by atoms with Gasteiger partial charge in [-0.3, -0.25) is 9.36 Å². The van der Waals surface area contributed by atoms with Gasteiger partial charge in [0.25, 0.3) is 5.56 Å². The molecule has 0 amide bonds. The Hall–Kier alpha value is -3.19. The van der Waals surface area contributed by atoms with Gasteiger partial charge in [0.1, 0.15) is 18.5 Å². The summed E-state index contributed by atoms with van der Waals surface area (Å²) in [6.45, 7) is 1.54. The lowest BCUT2D eigenvalue weighted by atomic mass is 10.1. The van der Waals surface area contributed by atoms with Crippen LogP contribution in [0.4, 0.5) is 13.2 Å². The zero-order chi connectivity index (χ0) is 20.5. The predicted octanol–water partition coefficient (Wildman–Crippen LogP) is 3.12. The van der Waals surface area contributed by atoms with E-state index in [0.29, 0.717) is 6.07 Å². The molecule has 3 aromatic rings. The van der Waals surface area contributed by atoms with E-state index in [1.807, 2.05) is 0 Å². The van der Waals surface area contributed by atoms with Crippen molar-refractivity contribution in [1.82, 2.24) is 19.7 Å². The molecule has 0 fully saturated rings. The van der Waals surface area contributed by atoms with Crippen molar-refractivity contribution in [3.8, 4) is 11.8 Å². The first-order chi connectivity index (χ1) is 13.2. The smallest absolute Gasteiger partial charge is 0.416 e. The van der Waals surface area contributed by atoms with Crippen LogP contribution in [0.2, 0.25) is 5.15 Å². The van der Waals surface area contributed by atoms with E-state index in [0.717, 1.165) is 6.07 Å². The number of rotatable bonds is 4. The van der Waals surface area contributed by atoms with Crippen LogP contribution in [0.5, 0.6) is 5.75 Å². The molecule has 0 saturated carbocycles. The van der Waals surface area contributed by atoms with Crippen molar-refractivity contribution in [3.63, 3.8) is 0 Å². The second-order valence-corrected chi connectivity index (χ2v) is 6.04. The minimum Gasteiger partial charge on any atom is -0.488 e. The monoisotopic (exact) mass is 409 g/mol. The summed E-state index contributed by atoms with van der Waals surface area (Å²) < 4.78 is 45.7. The number of hydrogen-bond acceptors (Lipinski definition) is 6. The molecule has 7 nitrogen and oxygen atoms in total. The van der Waals surface area contributed by atoms with Gasteiger partial charge in [-0.25, -0.2) is 4.98 Å². The van der Waals surface area contributed by atoms with Crippen molar-refractivity contribution < 1.29 is 17.9 Å². The lowest BCUT2D eigenvalue weighted by molar-refractivity contribution is -0.137. The number of ether oxygens (including phenoxy) is 1. The molecule has 0 spiro atoms. The summed E-state index contributed by atoms with van der Waals surface area (Å²) >= 11 is 5.83. The fraction of sp³-hybridized carbons (Fsp3) is 0.235. The van der Waals surface area contributed by atoms with Gasteiger partial charge in [0.2, 0.25) is 0 Å². The lowest BCUT2D eigenvalue weighted by Gasteiger charge is -2.14. The third-order valence-electron chi connectivity index (χ3n) is 3.91. The molecule has 0 aliphatic carbocycles. The van der Waals surface area contributed by atoms with Crippen LogP contribution < -0.4 is 10.3 Å². The molecule has 0 bridgehead atoms. The molecule has 0 unspecified atom stereocenters. The Kier molecular flexibility index (Phi) is 5.20. The molecule has 11 heteroatoms. The fourth-order valence-electron chi connectivity index (χ4n) is 2.63. The fourth-order valence-corrected chi connectivity index (χ4v) is 2.79. The lowest BCUT2D eigenvalue weighted by Crippen LogP contribution is -2.27. The number of benzene rings is 1. The molecule has 0 radical (unpaired) electrons. The maximum atomic E-state index is 13.0. The third-order valence-corrected chi connectivity index (χ3v) is 4.17. The summed E-state index contributed by atoms with van der Waals surface area (Å²) in [5.41, 5.74) is -2.25. The predicted molar refractivity (Wildman–Crippen MR) is 93.0 cm³/mol. The summed E-state index contributed by atoms with van der Waals surface area (Å²) in [5, 5.41) is 16.3. The first kappa shape index (κ1) is 19.6. The Morgan fingerprint density at radius 2 is 2.11 bits per heavy atom. The summed E-state index contributed by atoms with van der Waals surface area (Å²) in [6.07, 6.45) is -3.27. The summed E-state index contributed by atoms with van der Waals surface area (Å²) in [5.74, 6) is 0.451. The maximum absolute atomic E-state index is 13.0. The normalized spacial score (nSPS) is 11.4. The molecule has 0 atom stereocenters. The molecule has 0 saturated heterocycles. The van der Waals surface area contributed by atoms with E-state index in [-0.39, 0.29) is 40.8 Å². The Morgan fingerprint density at radius 1 is 1.36 bits per heavy atom. The highest BCUT2D eigenvalue weighted by molar-refractivity contribution is 6.30. The number of hydrogen-bond donors (Lipinski definition) is 0. The summed E-state index contributed by atoms with van der Waals surface area (Å²) in [6, 6.07) is 4.54. The van der Waals surface area contributed by atoms with Gasteiger partial charge >= 0.3 is 6.18 Å². The van der Waals surface area contributed by atoms with Gasteiger partial charge in [-0.2, -0.15) is 23.5 Å². The van der Waals surface area contributed by atoms with Crippen LogP contribution in [-0.4, -0.2) is 26.4 Å². The van der Waals surface area contributed by atoms with Crippen molar-refractivity contribution in [2.24, 2.45) is 0 Å². The molecule has 2 aromatic heterocycles. The average molecular weight is 410 g/mol. The van der Waals surface area contributed by atoms with E-state index in [2.05, 4.69) is 15.2 Å². The zero-order valence-electron chi connectivity index (χ0n) is 14.3. The second kappa shape index (κ2) is 7.44. The third kappa shape index (κ3) is 3.75. The van der Waals surface area contributed by atoms with Crippen LogP contribution in [0.15, 0.2) is 29.2 Å². The molecule has 144 valence electrons. The number of aryl methyl sites for hydroxylation is 1. The highest BCUT2D eigenvalue weighted by Crippen LogP contribution is 2.32. The number of nitrogens with zero attached hydrogens (tertiary/aromatic N) is 5. The van der Waals surface area contributed by atoms with E-state index < -0.39 is 22.9 Å². The van der Waals surface area contributed by atoms with Gasteiger partial charge in [0.15, 0.2) is 10.9 Å². The molecule has 1 aromatic carbocycles. The summed E-state index contributed by atoms with van der Waals surface area (Å²) in [4.78, 5) is 16.9. The summed E-state index contributed by atoms with van der Waals surface area (Å²) in [7, 11) is 0. The van der Waals surface area contributed by atoms with Gasteiger partial charge in [-0.15, -0.1) is 5.10 Å². The van der Waals surface area contributed by atoms with E-state index in [1.54, 1.807) is 6.07 Å². The number of nitriles is 1. The van der Waals surface area contributed by atoms with Crippen LogP contribution in [-0.2, 0) is 12.7 Å². The van der Waals surface area contributed by atoms with Gasteiger partial charge in [0, 0.05) is 6.07 Å². The van der Waals surface area contributed by atoms with Crippen LogP contribution in [0, 0.1) is 18.3 Å². The van der Waals surface area contributed by atoms with E-state index in [4.69, 9.17) is 16.3 Å². The van der Waals surface area contributed by atoms with E-state index in [9.17, 15) is 23.2 Å². The van der Waals surface area contributed by atoms with Crippen molar-refractivity contribution in [2.45, 2.75) is 19.6 Å². The highest BCUT2D eigenvalue weighted by atomic mass is 35.5. The topological polar surface area (TPSA) is 93.7 Å². The largest absolute Gasteiger partial charge is 0.488 e. The first-order valence-electron chi connectivity index (χ1n) is 7.85. The molecule has 0 aliphatic heterocycles. The number of halogens is 4. The minimum atomic E-state index is -4.66. The minimum absolute atomic E-state index is 0.0157. The second-order valence-electron chi connectivity index (χ2n) is 5.68. The van der Waals surface area contributed by atoms with Crippen molar-refractivity contribution in [1.29, 1.82) is 5.26 Å². The Labute approximate surface area is 161 Å².